The molecule has 6 heteroatoms. The van der Waals surface area contributed by atoms with Crippen LogP contribution in [0.1, 0.15) is 57.8 Å². The fraction of sp³-hybridized carbons (Fsp3) is 1.00. The number of ether oxygens (including phenoxy) is 2. The van der Waals surface area contributed by atoms with Crippen molar-refractivity contribution in [3.05, 3.63) is 0 Å². The molecular formula is C23H41NO5. The van der Waals surface area contributed by atoms with Crippen LogP contribution in [0, 0.1) is 23.2 Å². The Morgan fingerprint density at radius 1 is 0.931 bits per heavy atom. The van der Waals surface area contributed by atoms with Gasteiger partial charge < -0.3 is 24.8 Å². The van der Waals surface area contributed by atoms with Crippen LogP contribution in [0.2, 0.25) is 0 Å². The Morgan fingerprint density at radius 2 is 1.55 bits per heavy atom. The average molecular weight is 412 g/mol. The molecule has 0 radical (unpaired) electrons. The number of piperidine rings is 1. The largest absolute Gasteiger partial charge is 0.395 e. The summed E-state index contributed by atoms with van der Waals surface area (Å²) in [5.74, 6) is 2.95. The lowest BCUT2D eigenvalue weighted by atomic mass is 9.50. The summed E-state index contributed by atoms with van der Waals surface area (Å²) >= 11 is 0. The summed E-state index contributed by atoms with van der Waals surface area (Å²) in [6, 6.07) is -0.267. The Hall–Kier alpha value is -0.240. The van der Waals surface area contributed by atoms with Crippen molar-refractivity contribution in [2.24, 2.45) is 23.2 Å². The molecule has 5 fully saturated rings. The minimum absolute atomic E-state index is 0.0802. The maximum atomic E-state index is 10.2. The molecule has 5 aliphatic rings. The molecule has 0 amide bonds. The maximum absolute atomic E-state index is 10.2. The molecule has 0 spiro atoms. The monoisotopic (exact) mass is 411 g/mol. The third-order valence-electron chi connectivity index (χ3n) is 8.15. The highest BCUT2D eigenvalue weighted by atomic mass is 16.5. The van der Waals surface area contributed by atoms with Crippen molar-refractivity contribution in [3.8, 4) is 0 Å². The Kier molecular flexibility index (Phi) is 7.19. The smallest absolute Gasteiger partial charge is 0.109 e. The molecule has 168 valence electrons. The van der Waals surface area contributed by atoms with Crippen LogP contribution in [0.5, 0.6) is 0 Å². The van der Waals surface area contributed by atoms with Crippen LogP contribution in [-0.2, 0) is 9.47 Å². The number of hydrogen-bond acceptors (Lipinski definition) is 6. The van der Waals surface area contributed by atoms with E-state index in [1.807, 2.05) is 11.9 Å². The van der Waals surface area contributed by atoms with Crippen molar-refractivity contribution in [3.63, 3.8) is 0 Å². The number of aliphatic hydroxyl groups is 3. The third kappa shape index (κ3) is 4.99. The van der Waals surface area contributed by atoms with E-state index in [0.717, 1.165) is 50.2 Å². The highest BCUT2D eigenvalue weighted by Gasteiger charge is 2.50. The van der Waals surface area contributed by atoms with Crippen LogP contribution in [0.3, 0.4) is 0 Å². The van der Waals surface area contributed by atoms with Gasteiger partial charge in [-0.2, -0.15) is 0 Å². The Morgan fingerprint density at radius 3 is 2.17 bits per heavy atom. The maximum Gasteiger partial charge on any atom is 0.109 e. The number of aliphatic hydroxyl groups excluding tert-OH is 3. The van der Waals surface area contributed by atoms with E-state index < -0.39 is 18.3 Å². The summed E-state index contributed by atoms with van der Waals surface area (Å²) in [4.78, 5) is 1.86. The SMILES string of the molecule is CN1C[C@H](O)[C@@H](O)[C@H](OCCCCCOCC23CC4CC(CC(C4)C2)C3)[C@H]1CO. The van der Waals surface area contributed by atoms with Crippen molar-refractivity contribution in [2.45, 2.75) is 82.1 Å². The molecule has 0 aromatic carbocycles. The van der Waals surface area contributed by atoms with Crippen LogP contribution < -0.4 is 0 Å². The molecule has 0 unspecified atom stereocenters. The van der Waals surface area contributed by atoms with Gasteiger partial charge in [-0.25, -0.2) is 0 Å². The zero-order valence-electron chi connectivity index (χ0n) is 18.0. The fourth-order valence-corrected chi connectivity index (χ4v) is 7.15. The normalized spacial score (nSPS) is 44.5. The lowest BCUT2D eigenvalue weighted by Crippen LogP contribution is -2.62. The first-order valence-corrected chi connectivity index (χ1v) is 11.9. The number of hydrogen-bond donors (Lipinski definition) is 3. The van der Waals surface area contributed by atoms with E-state index in [9.17, 15) is 15.3 Å². The van der Waals surface area contributed by atoms with E-state index in [4.69, 9.17) is 9.47 Å². The van der Waals surface area contributed by atoms with Gasteiger partial charge in [-0.1, -0.05) is 0 Å². The lowest BCUT2D eigenvalue weighted by Gasteiger charge is -2.56. The average Bonchev–Trinajstić information content (AvgIpc) is 2.66. The van der Waals surface area contributed by atoms with Gasteiger partial charge in [0.05, 0.1) is 25.4 Å². The Balaban J connectivity index is 1.09. The van der Waals surface area contributed by atoms with Crippen LogP contribution in [0.15, 0.2) is 0 Å². The lowest BCUT2D eigenvalue weighted by molar-refractivity contribution is -0.162. The third-order valence-corrected chi connectivity index (χ3v) is 8.15. The van der Waals surface area contributed by atoms with Crippen LogP contribution >= 0.6 is 0 Å². The second-order valence-electron chi connectivity index (χ2n) is 10.6. The minimum Gasteiger partial charge on any atom is -0.395 e. The van der Waals surface area contributed by atoms with Crippen LogP contribution in [0.4, 0.5) is 0 Å². The summed E-state index contributed by atoms with van der Waals surface area (Å²) in [5.41, 5.74) is 0.501. The van der Waals surface area contributed by atoms with Gasteiger partial charge in [-0.05, 0) is 88.0 Å². The van der Waals surface area contributed by atoms with Gasteiger partial charge >= 0.3 is 0 Å². The molecule has 0 aromatic heterocycles. The summed E-state index contributed by atoms with van der Waals surface area (Å²) in [6.45, 7) is 2.60. The summed E-state index contributed by atoms with van der Waals surface area (Å²) < 4.78 is 12.0. The topological polar surface area (TPSA) is 82.4 Å². The predicted molar refractivity (Wildman–Crippen MR) is 111 cm³/mol. The molecule has 1 saturated heterocycles. The molecule has 3 N–H and O–H groups in total. The van der Waals surface area contributed by atoms with E-state index in [-0.39, 0.29) is 12.6 Å². The van der Waals surface area contributed by atoms with Gasteiger partial charge in [-0.3, -0.25) is 4.90 Å². The van der Waals surface area contributed by atoms with E-state index in [1.54, 1.807) is 0 Å². The Labute approximate surface area is 175 Å². The van der Waals surface area contributed by atoms with Crippen molar-refractivity contribution >= 4 is 0 Å². The number of rotatable bonds is 10. The molecule has 4 saturated carbocycles. The highest BCUT2D eigenvalue weighted by molar-refractivity contribution is 5.01. The van der Waals surface area contributed by atoms with E-state index in [0.29, 0.717) is 18.6 Å². The molecule has 1 aliphatic heterocycles. The minimum atomic E-state index is -0.938. The standard InChI is InChI=1S/C23H41NO5/c1-24-13-20(26)21(27)22(19(24)14-25)29-6-4-2-3-5-28-15-23-10-16-7-17(11-23)9-18(8-16)12-23/h16-22,25-27H,2-15H2,1H3/t16?,17?,18?,19-,20+,21-,22-,23?/m1/s1. The van der Waals surface area contributed by atoms with Gasteiger partial charge in [0.1, 0.15) is 12.2 Å². The first-order chi connectivity index (χ1) is 14.0. The second-order valence-corrected chi connectivity index (χ2v) is 10.6. The quantitative estimate of drug-likeness (QED) is 0.476. The number of nitrogens with zero attached hydrogens (tertiary/aromatic N) is 1. The molecule has 6 nitrogen and oxygen atoms in total. The number of likely N-dealkylation sites (N-methyl/N-ethyl adjacent to an activating group) is 1. The van der Waals surface area contributed by atoms with Gasteiger partial charge in [0, 0.05) is 19.8 Å². The molecule has 4 aliphatic carbocycles. The zero-order chi connectivity index (χ0) is 20.4. The molecule has 4 bridgehead atoms. The molecule has 0 aromatic rings. The molecule has 5 rings (SSSR count). The van der Waals surface area contributed by atoms with E-state index in [2.05, 4.69) is 0 Å². The first kappa shape index (κ1) is 22.0. The van der Waals surface area contributed by atoms with Crippen molar-refractivity contribution in [2.75, 3.05) is 40.0 Å². The number of unbranched alkanes of at least 4 members (excludes halogenated alkanes) is 2. The second kappa shape index (κ2) is 9.49. The van der Waals surface area contributed by atoms with Crippen molar-refractivity contribution in [1.82, 2.24) is 4.90 Å². The number of likely N-dealkylation sites (tertiary alicyclic amines) is 1. The summed E-state index contributed by atoms with van der Waals surface area (Å²) in [5, 5.41) is 29.8. The van der Waals surface area contributed by atoms with Crippen molar-refractivity contribution < 1.29 is 24.8 Å². The Bertz CT molecular complexity index is 494. The van der Waals surface area contributed by atoms with Gasteiger partial charge in [-0.15, -0.1) is 0 Å². The molecule has 1 heterocycles. The predicted octanol–water partition coefficient (Wildman–Crippen LogP) is 1.80. The first-order valence-electron chi connectivity index (χ1n) is 11.9. The zero-order valence-corrected chi connectivity index (χ0v) is 18.0. The van der Waals surface area contributed by atoms with Gasteiger partial charge in [0.15, 0.2) is 0 Å². The summed E-state index contributed by atoms with van der Waals surface area (Å²) in [6.07, 6.45) is 9.34. The summed E-state index contributed by atoms with van der Waals surface area (Å²) in [7, 11) is 1.84. The van der Waals surface area contributed by atoms with Crippen molar-refractivity contribution in [1.29, 1.82) is 0 Å². The molecular weight excluding hydrogens is 370 g/mol. The molecule has 4 atom stereocenters. The van der Waals surface area contributed by atoms with Crippen LogP contribution in [0.25, 0.3) is 0 Å². The van der Waals surface area contributed by atoms with E-state index >= 15 is 0 Å². The van der Waals surface area contributed by atoms with Gasteiger partial charge in [0.2, 0.25) is 0 Å². The number of β-amino-alcohol motifs (C(OH)–C–C–N with tert-alkyl or cyclic N) is 1. The van der Waals surface area contributed by atoms with Gasteiger partial charge in [0.25, 0.3) is 0 Å². The fourth-order valence-electron chi connectivity index (χ4n) is 7.15. The van der Waals surface area contributed by atoms with Crippen LogP contribution in [-0.4, -0.2) is 84.6 Å². The van der Waals surface area contributed by atoms with E-state index in [1.165, 1.54) is 38.5 Å². The molecule has 29 heavy (non-hydrogen) atoms. The highest BCUT2D eigenvalue weighted by Crippen LogP contribution is 2.60.